The van der Waals surface area contributed by atoms with Crippen LogP contribution in [0.2, 0.25) is 0 Å². The van der Waals surface area contributed by atoms with E-state index >= 15 is 0 Å². The lowest BCUT2D eigenvalue weighted by atomic mass is 9.98. The number of halogens is 1. The van der Waals surface area contributed by atoms with Crippen LogP contribution in [-0.2, 0) is 19.1 Å². The molecule has 0 aliphatic carbocycles. The number of ether oxygens (including phenoxy) is 4. The van der Waals surface area contributed by atoms with E-state index in [2.05, 4.69) is 5.32 Å². The van der Waals surface area contributed by atoms with Crippen LogP contribution in [0, 0.1) is 0 Å². The third-order valence-electron chi connectivity index (χ3n) is 5.54. The second-order valence-corrected chi connectivity index (χ2v) is 7.47. The number of methoxy groups -OCH3 is 1. The minimum Gasteiger partial charge on any atom is -0.467 e. The number of carbonyl (C=O) groups is 2. The van der Waals surface area contributed by atoms with Crippen molar-refractivity contribution < 1.29 is 28.5 Å². The Morgan fingerprint density at radius 2 is 2.00 bits per heavy atom. The quantitative estimate of drug-likeness (QED) is 0.575. The first-order valence-electron chi connectivity index (χ1n) is 9.72. The highest BCUT2D eigenvalue weighted by molar-refractivity contribution is 6.27. The van der Waals surface area contributed by atoms with Gasteiger partial charge in [-0.15, -0.1) is 11.6 Å². The summed E-state index contributed by atoms with van der Waals surface area (Å²) in [7, 11) is 1.27. The van der Waals surface area contributed by atoms with Gasteiger partial charge in [0.25, 0.3) is 0 Å². The fraction of sp³-hybridized carbons (Fsp3) is 0.273. The van der Waals surface area contributed by atoms with E-state index in [0.29, 0.717) is 29.4 Å². The Hall–Kier alpha value is -3.39. The second-order valence-electron chi connectivity index (χ2n) is 7.21. The Kier molecular flexibility index (Phi) is 4.86. The normalized spacial score (nSPS) is 20.9. The number of anilines is 1. The van der Waals surface area contributed by atoms with Gasteiger partial charge < -0.3 is 24.3 Å². The highest BCUT2D eigenvalue weighted by atomic mass is 35.5. The Labute approximate surface area is 183 Å². The molecule has 9 heteroatoms. The summed E-state index contributed by atoms with van der Waals surface area (Å²) in [6, 6.07) is 13.0. The SMILES string of the molecule is COC(=O)C1=C(C2CNc3ccccc32)OC(c2ccc3c(c2)OCO3)N1C(=O)CCl. The molecule has 160 valence electrons. The van der Waals surface area contributed by atoms with Gasteiger partial charge in [0, 0.05) is 17.8 Å². The Bertz CT molecular complexity index is 1100. The fourth-order valence-electron chi connectivity index (χ4n) is 4.13. The van der Waals surface area contributed by atoms with Crippen molar-refractivity contribution >= 4 is 29.2 Å². The fourth-order valence-corrected chi connectivity index (χ4v) is 4.26. The number of hydrogen-bond donors (Lipinski definition) is 1. The molecule has 1 N–H and O–H groups in total. The molecule has 2 atom stereocenters. The average Bonchev–Trinajstić information content (AvgIpc) is 3.53. The summed E-state index contributed by atoms with van der Waals surface area (Å²) >= 11 is 5.90. The van der Waals surface area contributed by atoms with Crippen LogP contribution in [0.4, 0.5) is 5.69 Å². The first kappa shape index (κ1) is 19.6. The zero-order valence-corrected chi connectivity index (χ0v) is 17.3. The van der Waals surface area contributed by atoms with Crippen LogP contribution in [-0.4, -0.2) is 43.1 Å². The molecule has 2 aromatic carbocycles. The van der Waals surface area contributed by atoms with Crippen molar-refractivity contribution in [3.63, 3.8) is 0 Å². The van der Waals surface area contributed by atoms with Gasteiger partial charge in [-0.1, -0.05) is 18.2 Å². The van der Waals surface area contributed by atoms with E-state index in [1.54, 1.807) is 18.2 Å². The number of benzene rings is 2. The molecule has 3 heterocycles. The lowest BCUT2D eigenvalue weighted by molar-refractivity contribution is -0.143. The predicted molar refractivity (Wildman–Crippen MR) is 111 cm³/mol. The number of esters is 1. The number of hydrogen-bond acceptors (Lipinski definition) is 7. The number of nitrogens with one attached hydrogen (secondary N) is 1. The summed E-state index contributed by atoms with van der Waals surface area (Å²) in [5.74, 6) is -0.217. The molecule has 0 aromatic heterocycles. The van der Waals surface area contributed by atoms with Crippen LogP contribution >= 0.6 is 11.6 Å². The molecule has 0 saturated heterocycles. The van der Waals surface area contributed by atoms with E-state index in [1.807, 2.05) is 24.3 Å². The zero-order chi connectivity index (χ0) is 21.5. The topological polar surface area (TPSA) is 86.3 Å². The molecule has 3 aliphatic rings. The smallest absolute Gasteiger partial charge is 0.358 e. The van der Waals surface area contributed by atoms with E-state index in [1.165, 1.54) is 12.0 Å². The van der Waals surface area contributed by atoms with Crippen molar-refractivity contribution in [3.05, 3.63) is 65.0 Å². The van der Waals surface area contributed by atoms with Gasteiger partial charge in [0.1, 0.15) is 11.6 Å². The monoisotopic (exact) mass is 442 g/mol. The third-order valence-corrected chi connectivity index (χ3v) is 5.77. The van der Waals surface area contributed by atoms with E-state index in [4.69, 9.17) is 30.5 Å². The van der Waals surface area contributed by atoms with Crippen LogP contribution in [0.5, 0.6) is 11.5 Å². The highest BCUT2D eigenvalue weighted by Gasteiger charge is 2.46. The van der Waals surface area contributed by atoms with Gasteiger partial charge in [0.2, 0.25) is 18.9 Å². The lowest BCUT2D eigenvalue weighted by Gasteiger charge is -2.24. The van der Waals surface area contributed by atoms with Crippen LogP contribution in [0.1, 0.15) is 23.3 Å². The van der Waals surface area contributed by atoms with Gasteiger partial charge in [-0.05, 0) is 29.8 Å². The molecule has 31 heavy (non-hydrogen) atoms. The number of carbonyl (C=O) groups excluding carboxylic acids is 2. The minimum atomic E-state index is -0.891. The zero-order valence-electron chi connectivity index (χ0n) is 16.6. The van der Waals surface area contributed by atoms with Gasteiger partial charge in [-0.25, -0.2) is 4.79 Å². The summed E-state index contributed by atoms with van der Waals surface area (Å²) < 4.78 is 22.2. The van der Waals surface area contributed by atoms with Gasteiger partial charge in [-0.2, -0.15) is 0 Å². The Balaban J connectivity index is 1.61. The highest BCUT2D eigenvalue weighted by Crippen LogP contribution is 2.47. The second kappa shape index (κ2) is 7.70. The number of fused-ring (bicyclic) bond motifs is 2. The number of para-hydroxylation sites is 1. The first-order chi connectivity index (χ1) is 15.1. The van der Waals surface area contributed by atoms with E-state index in [0.717, 1.165) is 11.3 Å². The van der Waals surface area contributed by atoms with Crippen LogP contribution < -0.4 is 14.8 Å². The third kappa shape index (κ3) is 3.14. The average molecular weight is 443 g/mol. The van der Waals surface area contributed by atoms with Gasteiger partial charge >= 0.3 is 5.97 Å². The molecule has 0 bridgehead atoms. The summed E-state index contributed by atoms with van der Waals surface area (Å²) in [6.45, 7) is 0.641. The van der Waals surface area contributed by atoms with Crippen molar-refractivity contribution in [1.29, 1.82) is 0 Å². The maximum Gasteiger partial charge on any atom is 0.358 e. The summed E-state index contributed by atoms with van der Waals surface area (Å²) in [6.07, 6.45) is -0.891. The molecule has 3 aliphatic heterocycles. The molecule has 2 aromatic rings. The summed E-state index contributed by atoms with van der Waals surface area (Å²) in [4.78, 5) is 27.0. The molecule has 5 rings (SSSR count). The maximum absolute atomic E-state index is 12.9. The van der Waals surface area contributed by atoms with Crippen molar-refractivity contribution in [2.45, 2.75) is 12.1 Å². The summed E-state index contributed by atoms with van der Waals surface area (Å²) in [5.41, 5.74) is 2.61. The van der Waals surface area contributed by atoms with Crippen LogP contribution in [0.25, 0.3) is 0 Å². The van der Waals surface area contributed by atoms with Gasteiger partial charge in [0.15, 0.2) is 17.2 Å². The van der Waals surface area contributed by atoms with Crippen molar-refractivity contribution in [3.8, 4) is 11.5 Å². The first-order valence-corrected chi connectivity index (χ1v) is 10.3. The van der Waals surface area contributed by atoms with Crippen molar-refractivity contribution in [2.24, 2.45) is 0 Å². The number of alkyl halides is 1. The van der Waals surface area contributed by atoms with E-state index < -0.39 is 18.1 Å². The molecule has 2 unspecified atom stereocenters. The standard InChI is InChI=1S/C22H19ClN2O6/c1-28-22(27)19-20(14-10-24-15-5-3-2-4-13(14)15)31-21(25(19)18(26)9-23)12-6-7-16-17(8-12)30-11-29-16/h2-8,14,21,24H,9-11H2,1H3. The van der Waals surface area contributed by atoms with Crippen LogP contribution in [0.3, 0.4) is 0 Å². The number of amides is 1. The van der Waals surface area contributed by atoms with Gasteiger partial charge in [0.05, 0.1) is 13.0 Å². The van der Waals surface area contributed by atoms with Crippen LogP contribution in [0.15, 0.2) is 53.9 Å². The Morgan fingerprint density at radius 1 is 1.19 bits per heavy atom. The van der Waals surface area contributed by atoms with Crippen molar-refractivity contribution in [2.75, 3.05) is 31.6 Å². The molecule has 0 radical (unpaired) electrons. The molecular formula is C22H19ClN2O6. The van der Waals surface area contributed by atoms with Gasteiger partial charge in [-0.3, -0.25) is 9.69 Å². The summed E-state index contributed by atoms with van der Waals surface area (Å²) in [5, 5.41) is 3.32. The lowest BCUT2D eigenvalue weighted by Crippen LogP contribution is -2.35. The molecule has 1 amide bonds. The van der Waals surface area contributed by atoms with E-state index in [9.17, 15) is 9.59 Å². The molecule has 0 fully saturated rings. The minimum absolute atomic E-state index is 0.0549. The molecule has 0 spiro atoms. The number of nitrogens with zero attached hydrogens (tertiary/aromatic N) is 1. The van der Waals surface area contributed by atoms with Crippen molar-refractivity contribution in [1.82, 2.24) is 4.90 Å². The number of rotatable bonds is 4. The Morgan fingerprint density at radius 3 is 2.81 bits per heavy atom. The molecule has 8 nitrogen and oxygen atoms in total. The van der Waals surface area contributed by atoms with E-state index in [-0.39, 0.29) is 24.3 Å². The maximum atomic E-state index is 12.9. The molecule has 0 saturated carbocycles. The largest absolute Gasteiger partial charge is 0.467 e. The molecular weight excluding hydrogens is 424 g/mol. The predicted octanol–water partition coefficient (Wildman–Crippen LogP) is 3.11.